The van der Waals surface area contributed by atoms with Crippen LogP contribution in [0.2, 0.25) is 0 Å². The first kappa shape index (κ1) is 100. The number of carbonyl (C=O) groups excluding carboxylic acids is 4. The van der Waals surface area contributed by atoms with Crippen molar-refractivity contribution in [1.29, 1.82) is 0 Å². The van der Waals surface area contributed by atoms with E-state index < -0.39 is 0 Å². The molecule has 0 saturated heterocycles. The van der Waals surface area contributed by atoms with Gasteiger partial charge in [0.15, 0.2) is 0 Å². The number of hydrogen-bond donors (Lipinski definition) is 0. The second-order valence-corrected chi connectivity index (χ2v) is 30.3. The minimum Gasteiger partial charge on any atom is -0.300 e. The molecular formula is C90H174O4. The monoisotopic (exact) mass is 1320 g/mol. The highest BCUT2D eigenvalue weighted by atomic mass is 16.1. The Bertz CT molecular complexity index is 1590. The highest BCUT2D eigenvalue weighted by Crippen LogP contribution is 2.18. The quantitative estimate of drug-likeness (QED) is 0.0449. The van der Waals surface area contributed by atoms with Crippen molar-refractivity contribution in [3.05, 3.63) is 48.6 Å². The van der Waals surface area contributed by atoms with Crippen LogP contribution in [0.15, 0.2) is 48.6 Å². The lowest BCUT2D eigenvalue weighted by Crippen LogP contribution is -2.05. The molecule has 0 heterocycles. The Kier molecular flexibility index (Phi) is 94.6. The van der Waals surface area contributed by atoms with E-state index in [-0.39, 0.29) is 17.8 Å². The number of carbonyl (C=O) groups is 4. The Morgan fingerprint density at radius 1 is 0.223 bits per heavy atom. The Morgan fingerprint density at radius 3 is 0.681 bits per heavy atom. The second-order valence-electron chi connectivity index (χ2n) is 30.3. The van der Waals surface area contributed by atoms with Gasteiger partial charge in [0.1, 0.15) is 23.1 Å². The van der Waals surface area contributed by atoms with Crippen molar-refractivity contribution in [3.8, 4) is 0 Å². The summed E-state index contributed by atoms with van der Waals surface area (Å²) in [4.78, 5) is 44.7. The average molecular weight is 1320 g/mol. The summed E-state index contributed by atoms with van der Waals surface area (Å²) < 4.78 is 0. The number of rotatable bonds is 66. The van der Waals surface area contributed by atoms with Gasteiger partial charge in [0, 0.05) is 43.4 Å². The molecule has 0 radical (unpaired) electrons. The summed E-state index contributed by atoms with van der Waals surface area (Å²) in [7, 11) is 0. The molecule has 0 unspecified atom stereocenters. The fourth-order valence-corrected chi connectivity index (χ4v) is 11.3. The van der Waals surface area contributed by atoms with Crippen LogP contribution in [0.5, 0.6) is 0 Å². The molecule has 0 rings (SSSR count). The molecule has 0 fully saturated rings. The van der Waals surface area contributed by atoms with Gasteiger partial charge < -0.3 is 4.79 Å². The van der Waals surface area contributed by atoms with E-state index in [0.717, 1.165) is 88.9 Å². The van der Waals surface area contributed by atoms with Gasteiger partial charge >= 0.3 is 0 Å². The molecular weight excluding hydrogens is 1140 g/mol. The fraction of sp³-hybridized carbons (Fsp3) is 0.867. The van der Waals surface area contributed by atoms with E-state index in [9.17, 15) is 19.2 Å². The highest BCUT2D eigenvalue weighted by molar-refractivity contribution is 5.81. The Morgan fingerprint density at radius 2 is 0.415 bits per heavy atom. The van der Waals surface area contributed by atoms with Crippen molar-refractivity contribution in [3.63, 3.8) is 0 Å². The molecule has 94 heavy (non-hydrogen) atoms. The van der Waals surface area contributed by atoms with Crippen molar-refractivity contribution in [2.75, 3.05) is 0 Å². The maximum atomic E-state index is 11.5. The number of allylic oxidation sites excluding steroid dienone is 8. The predicted molar refractivity (Wildman–Crippen MR) is 427 cm³/mol. The summed E-state index contributed by atoms with van der Waals surface area (Å²) in [6.07, 6.45) is 94.1. The zero-order chi connectivity index (χ0) is 70.9. The highest BCUT2D eigenvalue weighted by Gasteiger charge is 2.08. The maximum absolute atomic E-state index is 11.5. The lowest BCUT2D eigenvalue weighted by Gasteiger charge is -2.05. The SMILES string of the molecule is CC(=O)CCCC(C)C.CCCCC/C=C\C/C=C\C/C=C\CCCCC(=O)C(C)C.CCCCCCCC/C=C\CCCCCCCC(=O)C(C)C.CCCCCCCCCCCC(=O)C(C)C.CCCCCCCCCCCCCCCCCCCCCCC(C)C. The molecule has 0 aromatic heterocycles. The van der Waals surface area contributed by atoms with Crippen molar-refractivity contribution in [2.24, 2.45) is 29.6 Å². The van der Waals surface area contributed by atoms with Crippen molar-refractivity contribution >= 4 is 23.1 Å². The van der Waals surface area contributed by atoms with Gasteiger partial charge in [-0.3, -0.25) is 14.4 Å². The van der Waals surface area contributed by atoms with Gasteiger partial charge in [-0.1, -0.05) is 402 Å². The number of hydrogen-bond acceptors (Lipinski definition) is 4. The number of unbranched alkanes of at least 4 members (excludes halogenated alkanes) is 43. The molecule has 0 saturated carbocycles. The fourth-order valence-electron chi connectivity index (χ4n) is 11.3. The second kappa shape index (κ2) is 88.7. The molecule has 0 N–H and O–H groups in total. The summed E-state index contributed by atoms with van der Waals surface area (Å²) in [5.74, 6) is 3.86. The zero-order valence-electron chi connectivity index (χ0n) is 67.2. The Labute approximate surface area is 593 Å². The number of ketones is 4. The molecule has 0 amide bonds. The van der Waals surface area contributed by atoms with Gasteiger partial charge in [0.2, 0.25) is 0 Å². The first-order chi connectivity index (χ1) is 45.4. The minimum absolute atomic E-state index is 0.196. The van der Waals surface area contributed by atoms with Crippen LogP contribution in [0.25, 0.3) is 0 Å². The molecule has 4 heteroatoms. The standard InChI is InChI=1S/C25H52.C21H40O.C21H36O.C15H30O.C8H16O/c1-4-5-6-7-8-9-10-11-12-13-14-15-16-17-18-19-20-21-22-23-24-25(2)3;2*1-4-5-6-7-8-9-10-11-12-13-14-15-16-17-18-19-21(22)20(2)3;1-4-5-6-7-8-9-10-11-12-13-15(16)14(2)3;1-7(2)5-4-6-8(3)9/h25H,4-24H2,1-3H3;11-12,20H,4-10,13-19H2,1-3H3;8-9,11-12,14-15,20H,4-7,10,13,16-19H2,1-3H3;14H,4-13H2,1-3H3;7H,4-6H2,1-3H3/b;12-11-;9-8-,12-11-,15-14-;;. The summed E-state index contributed by atoms with van der Waals surface area (Å²) in [6.45, 7) is 31.7. The zero-order valence-corrected chi connectivity index (χ0v) is 67.2. The lowest BCUT2D eigenvalue weighted by molar-refractivity contribution is -0.122. The van der Waals surface area contributed by atoms with Gasteiger partial charge in [0.05, 0.1) is 0 Å². The van der Waals surface area contributed by atoms with Crippen LogP contribution in [0.4, 0.5) is 0 Å². The van der Waals surface area contributed by atoms with Crippen LogP contribution in [-0.2, 0) is 19.2 Å². The predicted octanol–water partition coefficient (Wildman–Crippen LogP) is 31.4. The smallest absolute Gasteiger partial charge is 0.135 e. The van der Waals surface area contributed by atoms with Crippen LogP contribution in [-0.4, -0.2) is 23.1 Å². The summed E-state index contributed by atoms with van der Waals surface area (Å²) in [5, 5.41) is 0. The van der Waals surface area contributed by atoms with E-state index in [1.54, 1.807) is 6.92 Å². The molecule has 0 aliphatic heterocycles. The Hall–Kier alpha value is -2.36. The van der Waals surface area contributed by atoms with Crippen molar-refractivity contribution < 1.29 is 19.2 Å². The largest absolute Gasteiger partial charge is 0.300 e. The molecule has 0 aliphatic carbocycles. The van der Waals surface area contributed by atoms with Gasteiger partial charge in [-0.2, -0.15) is 0 Å². The summed E-state index contributed by atoms with van der Waals surface area (Å²) in [6, 6.07) is 0. The molecule has 558 valence electrons. The van der Waals surface area contributed by atoms with Crippen LogP contribution < -0.4 is 0 Å². The molecule has 0 bridgehead atoms. The average Bonchev–Trinajstić information content (AvgIpc) is 3.76. The van der Waals surface area contributed by atoms with E-state index in [0.29, 0.717) is 23.1 Å². The van der Waals surface area contributed by atoms with Crippen LogP contribution >= 0.6 is 0 Å². The minimum atomic E-state index is 0.196. The van der Waals surface area contributed by atoms with E-state index in [4.69, 9.17) is 0 Å². The lowest BCUT2D eigenvalue weighted by atomic mass is 10.0. The van der Waals surface area contributed by atoms with Crippen molar-refractivity contribution in [2.45, 2.75) is 476 Å². The molecule has 0 aromatic carbocycles. The van der Waals surface area contributed by atoms with E-state index in [1.165, 1.54) is 295 Å². The molecule has 0 aromatic rings. The number of Topliss-reactive ketones (excluding diaryl/α,β-unsaturated/α-hetero) is 4. The van der Waals surface area contributed by atoms with E-state index in [2.05, 4.69) is 104 Å². The first-order valence-corrected chi connectivity index (χ1v) is 42.1. The molecule has 0 aliphatic rings. The third-order valence-electron chi connectivity index (χ3n) is 18.2. The normalized spacial score (nSPS) is 11.5. The van der Waals surface area contributed by atoms with Crippen LogP contribution in [0.1, 0.15) is 476 Å². The molecule has 4 nitrogen and oxygen atoms in total. The third-order valence-corrected chi connectivity index (χ3v) is 18.2. The van der Waals surface area contributed by atoms with Gasteiger partial charge in [-0.05, 0) is 109 Å². The topological polar surface area (TPSA) is 68.3 Å². The third kappa shape index (κ3) is 103. The summed E-state index contributed by atoms with van der Waals surface area (Å²) >= 11 is 0. The van der Waals surface area contributed by atoms with Crippen LogP contribution in [0, 0.1) is 29.6 Å². The van der Waals surface area contributed by atoms with Gasteiger partial charge in [-0.25, -0.2) is 0 Å². The van der Waals surface area contributed by atoms with Gasteiger partial charge in [0.25, 0.3) is 0 Å². The van der Waals surface area contributed by atoms with Crippen LogP contribution in [0.3, 0.4) is 0 Å². The van der Waals surface area contributed by atoms with Gasteiger partial charge in [-0.15, -0.1) is 0 Å². The summed E-state index contributed by atoms with van der Waals surface area (Å²) in [5.41, 5.74) is 0. The van der Waals surface area contributed by atoms with E-state index >= 15 is 0 Å². The first-order valence-electron chi connectivity index (χ1n) is 42.1. The Balaban J connectivity index is -0.000000361. The molecule has 0 spiro atoms. The maximum Gasteiger partial charge on any atom is 0.135 e. The molecule has 0 atom stereocenters. The van der Waals surface area contributed by atoms with Crippen molar-refractivity contribution in [1.82, 2.24) is 0 Å². The van der Waals surface area contributed by atoms with E-state index in [1.807, 2.05) is 41.5 Å².